The number of hydrogen-bond donors (Lipinski definition) is 1. The summed E-state index contributed by atoms with van der Waals surface area (Å²) >= 11 is 0. The van der Waals surface area contributed by atoms with E-state index in [4.69, 9.17) is 5.73 Å². The van der Waals surface area contributed by atoms with Crippen molar-refractivity contribution in [2.45, 2.75) is 32.2 Å². The Morgan fingerprint density at radius 3 is 2.44 bits per heavy atom. The van der Waals surface area contributed by atoms with Crippen molar-refractivity contribution in [1.82, 2.24) is 0 Å². The van der Waals surface area contributed by atoms with Gasteiger partial charge < -0.3 is 5.73 Å². The quantitative estimate of drug-likeness (QED) is 0.761. The molecule has 1 heteroatoms. The number of rotatable bonds is 1. The molecule has 0 heterocycles. The lowest BCUT2D eigenvalue weighted by atomic mass is 9.80. The van der Waals surface area contributed by atoms with Crippen LogP contribution in [0.2, 0.25) is 0 Å². The highest BCUT2D eigenvalue weighted by molar-refractivity contribution is 5.74. The first-order chi connectivity index (χ1) is 7.79. The minimum absolute atomic E-state index is 0.379. The van der Waals surface area contributed by atoms with E-state index < -0.39 is 0 Å². The third-order valence-corrected chi connectivity index (χ3v) is 4.40. The molecule has 2 bridgehead atoms. The molecule has 84 valence electrons. The highest BCUT2D eigenvalue weighted by Gasteiger charge is 2.41. The van der Waals surface area contributed by atoms with Gasteiger partial charge in [-0.3, -0.25) is 0 Å². The van der Waals surface area contributed by atoms with Crippen LogP contribution in [0.5, 0.6) is 0 Å². The summed E-state index contributed by atoms with van der Waals surface area (Å²) in [5.74, 6) is 1.26. The van der Waals surface area contributed by atoms with Crippen LogP contribution >= 0.6 is 0 Å². The van der Waals surface area contributed by atoms with Gasteiger partial charge in [0.2, 0.25) is 0 Å². The molecule has 1 aromatic rings. The molecule has 1 saturated carbocycles. The van der Waals surface area contributed by atoms with Crippen molar-refractivity contribution in [1.29, 1.82) is 0 Å². The van der Waals surface area contributed by atoms with Crippen molar-refractivity contribution >= 4 is 5.57 Å². The van der Waals surface area contributed by atoms with E-state index in [1.807, 2.05) is 0 Å². The zero-order chi connectivity index (χ0) is 11.1. The Kier molecular flexibility index (Phi) is 2.36. The van der Waals surface area contributed by atoms with Crippen LogP contribution in [0.3, 0.4) is 0 Å². The van der Waals surface area contributed by atoms with Gasteiger partial charge in [-0.1, -0.05) is 42.3 Å². The van der Waals surface area contributed by atoms with Gasteiger partial charge in [0.1, 0.15) is 0 Å². The standard InChI is InChI=1S/C15H19N/c1-10-12-8-5-9-13(15(12)16)14(10)11-6-3-2-4-7-11/h2-4,6-7,12-13,15H,5,8-9,16H2,1H3/t12-,13+,15-/m0/s1. The molecule has 0 unspecified atom stereocenters. The third-order valence-electron chi connectivity index (χ3n) is 4.40. The summed E-state index contributed by atoms with van der Waals surface area (Å²) in [6.07, 6.45) is 3.91. The molecule has 1 fully saturated rings. The molecule has 0 amide bonds. The van der Waals surface area contributed by atoms with E-state index in [2.05, 4.69) is 37.3 Å². The van der Waals surface area contributed by atoms with Crippen LogP contribution < -0.4 is 5.73 Å². The minimum atomic E-state index is 0.379. The van der Waals surface area contributed by atoms with Gasteiger partial charge in [-0.15, -0.1) is 0 Å². The van der Waals surface area contributed by atoms with Gasteiger partial charge >= 0.3 is 0 Å². The Morgan fingerprint density at radius 1 is 1.06 bits per heavy atom. The highest BCUT2D eigenvalue weighted by atomic mass is 14.7. The van der Waals surface area contributed by atoms with E-state index in [-0.39, 0.29) is 0 Å². The second-order valence-corrected chi connectivity index (χ2v) is 5.18. The van der Waals surface area contributed by atoms with Crippen molar-refractivity contribution in [3.63, 3.8) is 0 Å². The van der Waals surface area contributed by atoms with Crippen LogP contribution in [0.25, 0.3) is 5.57 Å². The largest absolute Gasteiger partial charge is 0.327 e. The highest BCUT2D eigenvalue weighted by Crippen LogP contribution is 2.49. The maximum Gasteiger partial charge on any atom is 0.0174 e. The smallest absolute Gasteiger partial charge is 0.0174 e. The minimum Gasteiger partial charge on any atom is -0.327 e. The summed E-state index contributed by atoms with van der Waals surface area (Å²) in [7, 11) is 0. The maximum atomic E-state index is 6.36. The molecular formula is C15H19N. The van der Waals surface area contributed by atoms with Gasteiger partial charge in [0.25, 0.3) is 0 Å². The number of benzene rings is 1. The SMILES string of the molecule is CC1=C(c2ccccc2)[C@H]2CCC[C@@H]1[C@@H]2N. The van der Waals surface area contributed by atoms with Crippen LogP contribution in [-0.4, -0.2) is 6.04 Å². The predicted octanol–water partition coefficient (Wildman–Crippen LogP) is 3.22. The lowest BCUT2D eigenvalue weighted by molar-refractivity contribution is 0.323. The van der Waals surface area contributed by atoms with Gasteiger partial charge in [-0.25, -0.2) is 0 Å². The van der Waals surface area contributed by atoms with Gasteiger partial charge in [0, 0.05) is 12.0 Å². The molecule has 2 aliphatic carbocycles. The van der Waals surface area contributed by atoms with Gasteiger partial charge in [0.15, 0.2) is 0 Å². The van der Waals surface area contributed by atoms with E-state index in [1.165, 1.54) is 24.8 Å². The molecule has 3 atom stereocenters. The van der Waals surface area contributed by atoms with Gasteiger partial charge in [-0.05, 0) is 36.8 Å². The molecule has 0 aliphatic heterocycles. The summed E-state index contributed by atoms with van der Waals surface area (Å²) in [6, 6.07) is 11.2. The molecule has 2 N–H and O–H groups in total. The zero-order valence-corrected chi connectivity index (χ0v) is 9.82. The molecule has 0 saturated heterocycles. The maximum absolute atomic E-state index is 6.36. The van der Waals surface area contributed by atoms with E-state index in [1.54, 1.807) is 11.1 Å². The second kappa shape index (κ2) is 3.74. The summed E-state index contributed by atoms with van der Waals surface area (Å²) in [5.41, 5.74) is 10.9. The fourth-order valence-corrected chi connectivity index (χ4v) is 3.62. The van der Waals surface area contributed by atoms with E-state index >= 15 is 0 Å². The fourth-order valence-electron chi connectivity index (χ4n) is 3.62. The molecule has 2 aliphatic rings. The topological polar surface area (TPSA) is 26.0 Å². The van der Waals surface area contributed by atoms with Gasteiger partial charge in [0.05, 0.1) is 0 Å². The van der Waals surface area contributed by atoms with Crippen LogP contribution in [-0.2, 0) is 0 Å². The van der Waals surface area contributed by atoms with E-state index in [0.717, 1.165) is 0 Å². The monoisotopic (exact) mass is 213 g/mol. The molecule has 0 radical (unpaired) electrons. The van der Waals surface area contributed by atoms with Crippen molar-refractivity contribution in [2.24, 2.45) is 17.6 Å². The Morgan fingerprint density at radius 2 is 1.75 bits per heavy atom. The first-order valence-corrected chi connectivity index (χ1v) is 6.30. The lowest BCUT2D eigenvalue weighted by Crippen LogP contribution is -2.36. The summed E-state index contributed by atoms with van der Waals surface area (Å²) in [4.78, 5) is 0. The summed E-state index contributed by atoms with van der Waals surface area (Å²) in [5, 5.41) is 0. The Hall–Kier alpha value is -1.08. The summed E-state index contributed by atoms with van der Waals surface area (Å²) in [6.45, 7) is 2.29. The van der Waals surface area contributed by atoms with Gasteiger partial charge in [-0.2, -0.15) is 0 Å². The Bertz CT molecular complexity index is 418. The molecule has 16 heavy (non-hydrogen) atoms. The van der Waals surface area contributed by atoms with Crippen molar-refractivity contribution < 1.29 is 0 Å². The molecule has 0 aromatic heterocycles. The molecule has 0 spiro atoms. The van der Waals surface area contributed by atoms with Crippen LogP contribution in [0.15, 0.2) is 35.9 Å². The van der Waals surface area contributed by atoms with Crippen LogP contribution in [0.4, 0.5) is 0 Å². The van der Waals surface area contributed by atoms with Crippen molar-refractivity contribution in [2.75, 3.05) is 0 Å². The Labute approximate surface area is 97.4 Å². The average Bonchev–Trinajstić information content (AvgIpc) is 2.48. The van der Waals surface area contributed by atoms with Crippen molar-refractivity contribution in [3.8, 4) is 0 Å². The molecular weight excluding hydrogens is 194 g/mol. The van der Waals surface area contributed by atoms with Crippen LogP contribution in [0.1, 0.15) is 31.7 Å². The average molecular weight is 213 g/mol. The summed E-state index contributed by atoms with van der Waals surface area (Å²) < 4.78 is 0. The molecule has 1 nitrogen and oxygen atoms in total. The first-order valence-electron chi connectivity index (χ1n) is 6.30. The number of fused-ring (bicyclic) bond motifs is 2. The molecule has 1 aromatic carbocycles. The third kappa shape index (κ3) is 1.35. The normalized spacial score (nSPS) is 33.2. The van der Waals surface area contributed by atoms with E-state index in [9.17, 15) is 0 Å². The number of nitrogens with two attached hydrogens (primary N) is 1. The number of hydrogen-bond acceptors (Lipinski definition) is 1. The van der Waals surface area contributed by atoms with E-state index in [0.29, 0.717) is 17.9 Å². The van der Waals surface area contributed by atoms with Crippen LogP contribution in [0, 0.1) is 11.8 Å². The Balaban J connectivity index is 2.07. The molecule has 3 rings (SSSR count). The fraction of sp³-hybridized carbons (Fsp3) is 0.467. The first kappa shape index (κ1) is 10.1. The van der Waals surface area contributed by atoms with Crippen molar-refractivity contribution in [3.05, 3.63) is 41.5 Å². The predicted molar refractivity (Wildman–Crippen MR) is 67.8 cm³/mol. The zero-order valence-electron chi connectivity index (χ0n) is 9.82. The lowest BCUT2D eigenvalue weighted by Gasteiger charge is -2.28. The second-order valence-electron chi connectivity index (χ2n) is 5.18.